The number of carbonyl (C=O) groups excluding carboxylic acids is 1. The Labute approximate surface area is 173 Å². The summed E-state index contributed by atoms with van der Waals surface area (Å²) in [4.78, 5) is 21.4. The molecular formula is C19H21Cl2N3O2S. The van der Waals surface area contributed by atoms with E-state index in [0.717, 1.165) is 17.8 Å². The van der Waals surface area contributed by atoms with Crippen LogP contribution in [0.15, 0.2) is 36.2 Å². The Kier molecular flexibility index (Phi) is 6.89. The lowest BCUT2D eigenvalue weighted by atomic mass is 10.2. The Balaban J connectivity index is 1.78. The number of hydrogen-bond donors (Lipinski definition) is 0. The zero-order valence-electron chi connectivity index (χ0n) is 15.0. The second kappa shape index (κ2) is 9.17. The lowest BCUT2D eigenvalue weighted by molar-refractivity contribution is -0.121. The zero-order valence-corrected chi connectivity index (χ0v) is 17.4. The van der Waals surface area contributed by atoms with Crippen LogP contribution in [0.3, 0.4) is 0 Å². The SMILES string of the molecule is C=CCN(C(=O)CN1CCOCC1C)c1nc(-c2ccc(Cl)c(Cl)c2)cs1. The number of rotatable bonds is 6. The van der Waals surface area contributed by atoms with E-state index in [4.69, 9.17) is 27.9 Å². The molecule has 1 aliphatic heterocycles. The van der Waals surface area contributed by atoms with Gasteiger partial charge in [-0.1, -0.05) is 35.3 Å². The van der Waals surface area contributed by atoms with Crippen LogP contribution < -0.4 is 4.90 Å². The van der Waals surface area contributed by atoms with Crippen molar-refractivity contribution in [2.45, 2.75) is 13.0 Å². The van der Waals surface area contributed by atoms with Crippen molar-refractivity contribution < 1.29 is 9.53 Å². The molecule has 0 spiro atoms. The first-order valence-corrected chi connectivity index (χ1v) is 10.3. The number of anilines is 1. The third-order valence-corrected chi connectivity index (χ3v) is 6.00. The number of morpholine rings is 1. The van der Waals surface area contributed by atoms with Gasteiger partial charge in [-0.15, -0.1) is 17.9 Å². The molecule has 1 saturated heterocycles. The van der Waals surface area contributed by atoms with Crippen molar-refractivity contribution >= 4 is 45.6 Å². The molecule has 0 aliphatic carbocycles. The first kappa shape index (κ1) is 20.3. The normalized spacial score (nSPS) is 17.7. The number of hydrogen-bond acceptors (Lipinski definition) is 5. The zero-order chi connectivity index (χ0) is 19.4. The van der Waals surface area contributed by atoms with Crippen molar-refractivity contribution in [2.75, 3.05) is 37.7 Å². The van der Waals surface area contributed by atoms with Gasteiger partial charge in [-0.05, 0) is 19.1 Å². The highest BCUT2D eigenvalue weighted by molar-refractivity contribution is 7.14. The highest BCUT2D eigenvalue weighted by Crippen LogP contribution is 2.31. The summed E-state index contributed by atoms with van der Waals surface area (Å²) in [5, 5.41) is 3.53. The molecule has 1 unspecified atom stereocenters. The van der Waals surface area contributed by atoms with Gasteiger partial charge in [0.25, 0.3) is 0 Å². The Morgan fingerprint density at radius 3 is 3.00 bits per heavy atom. The maximum absolute atomic E-state index is 12.9. The quantitative estimate of drug-likeness (QED) is 0.645. The van der Waals surface area contributed by atoms with Gasteiger partial charge in [0, 0.05) is 30.1 Å². The first-order chi connectivity index (χ1) is 13.0. The average Bonchev–Trinajstić information content (AvgIpc) is 3.13. The molecule has 144 valence electrons. The summed E-state index contributed by atoms with van der Waals surface area (Å²) in [5.41, 5.74) is 1.62. The van der Waals surface area contributed by atoms with E-state index in [9.17, 15) is 4.79 Å². The smallest absolute Gasteiger partial charge is 0.243 e. The Hall–Kier alpha value is -1.44. The summed E-state index contributed by atoms with van der Waals surface area (Å²) in [6.45, 7) is 8.63. The predicted molar refractivity (Wildman–Crippen MR) is 112 cm³/mol. The molecule has 0 radical (unpaired) electrons. The van der Waals surface area contributed by atoms with E-state index < -0.39 is 0 Å². The first-order valence-electron chi connectivity index (χ1n) is 8.63. The molecular weight excluding hydrogens is 405 g/mol. The van der Waals surface area contributed by atoms with Crippen LogP contribution in [0, 0.1) is 0 Å². The topological polar surface area (TPSA) is 45.7 Å². The van der Waals surface area contributed by atoms with Gasteiger partial charge in [0.15, 0.2) is 5.13 Å². The lowest BCUT2D eigenvalue weighted by Crippen LogP contribution is -2.49. The fraction of sp³-hybridized carbons (Fsp3) is 0.368. The van der Waals surface area contributed by atoms with Gasteiger partial charge < -0.3 is 4.74 Å². The fourth-order valence-corrected chi connectivity index (χ4v) is 4.01. The van der Waals surface area contributed by atoms with Crippen LogP contribution in [-0.2, 0) is 9.53 Å². The van der Waals surface area contributed by atoms with Gasteiger partial charge in [-0.3, -0.25) is 14.6 Å². The standard InChI is InChI=1S/C19H21Cl2N3O2S/c1-3-6-24(18(25)10-23-7-8-26-11-13(23)2)19-22-17(12-27-19)14-4-5-15(20)16(21)9-14/h3-5,9,12-13H,1,6-8,10-11H2,2H3. The van der Waals surface area contributed by atoms with E-state index in [0.29, 0.717) is 41.5 Å². The minimum Gasteiger partial charge on any atom is -0.379 e. The molecule has 5 nitrogen and oxygen atoms in total. The van der Waals surface area contributed by atoms with Crippen LogP contribution in [0.2, 0.25) is 10.0 Å². The highest BCUT2D eigenvalue weighted by atomic mass is 35.5. The van der Waals surface area contributed by atoms with Crippen LogP contribution in [0.25, 0.3) is 11.3 Å². The Morgan fingerprint density at radius 1 is 1.48 bits per heavy atom. The third kappa shape index (κ3) is 4.89. The Morgan fingerprint density at radius 2 is 2.30 bits per heavy atom. The van der Waals surface area contributed by atoms with Crippen molar-refractivity contribution in [1.82, 2.24) is 9.88 Å². The van der Waals surface area contributed by atoms with E-state index in [1.54, 1.807) is 23.1 Å². The molecule has 2 heterocycles. The van der Waals surface area contributed by atoms with Crippen LogP contribution in [0.5, 0.6) is 0 Å². The lowest BCUT2D eigenvalue weighted by Gasteiger charge is -2.33. The summed E-state index contributed by atoms with van der Waals surface area (Å²) in [6.07, 6.45) is 1.71. The van der Waals surface area contributed by atoms with Crippen LogP contribution in [0.4, 0.5) is 5.13 Å². The molecule has 1 atom stereocenters. The number of amides is 1. The van der Waals surface area contributed by atoms with Gasteiger partial charge in [-0.2, -0.15) is 0 Å². The molecule has 27 heavy (non-hydrogen) atoms. The van der Waals surface area contributed by atoms with Crippen molar-refractivity contribution in [3.05, 3.63) is 46.3 Å². The van der Waals surface area contributed by atoms with Crippen molar-refractivity contribution in [3.8, 4) is 11.3 Å². The number of ether oxygens (including phenoxy) is 1. The number of aromatic nitrogens is 1. The summed E-state index contributed by atoms with van der Waals surface area (Å²) in [6, 6.07) is 5.60. The van der Waals surface area contributed by atoms with E-state index in [-0.39, 0.29) is 11.9 Å². The molecule has 3 rings (SSSR count). The van der Waals surface area contributed by atoms with E-state index >= 15 is 0 Å². The van der Waals surface area contributed by atoms with Crippen LogP contribution in [0.1, 0.15) is 6.92 Å². The fourth-order valence-electron chi connectivity index (χ4n) is 2.85. The van der Waals surface area contributed by atoms with Gasteiger partial charge in [-0.25, -0.2) is 4.98 Å². The largest absolute Gasteiger partial charge is 0.379 e. The Bertz CT molecular complexity index is 827. The van der Waals surface area contributed by atoms with Gasteiger partial charge in [0.05, 0.1) is 35.5 Å². The van der Waals surface area contributed by atoms with Crippen LogP contribution >= 0.6 is 34.5 Å². The van der Waals surface area contributed by atoms with E-state index in [2.05, 4.69) is 23.4 Å². The van der Waals surface area contributed by atoms with Crippen LogP contribution in [-0.4, -0.2) is 54.7 Å². The molecule has 1 aliphatic rings. The highest BCUT2D eigenvalue weighted by Gasteiger charge is 2.25. The third-order valence-electron chi connectivity index (χ3n) is 4.39. The van der Waals surface area contributed by atoms with E-state index in [1.165, 1.54) is 11.3 Å². The summed E-state index contributed by atoms with van der Waals surface area (Å²) in [5.74, 6) is -0.00121. The summed E-state index contributed by atoms with van der Waals surface area (Å²) >= 11 is 13.5. The summed E-state index contributed by atoms with van der Waals surface area (Å²) in [7, 11) is 0. The molecule has 1 aromatic carbocycles. The molecule has 0 N–H and O–H groups in total. The molecule has 1 fully saturated rings. The monoisotopic (exact) mass is 425 g/mol. The maximum atomic E-state index is 12.9. The predicted octanol–water partition coefficient (Wildman–Crippen LogP) is 4.36. The molecule has 1 amide bonds. The summed E-state index contributed by atoms with van der Waals surface area (Å²) < 4.78 is 5.44. The number of benzene rings is 1. The molecule has 1 aromatic heterocycles. The van der Waals surface area contributed by atoms with Gasteiger partial charge in [0.1, 0.15) is 0 Å². The molecule has 0 bridgehead atoms. The molecule has 0 saturated carbocycles. The second-order valence-corrected chi connectivity index (χ2v) is 7.98. The minimum atomic E-state index is -0.00121. The number of carbonyl (C=O) groups is 1. The van der Waals surface area contributed by atoms with Gasteiger partial charge in [0.2, 0.25) is 5.91 Å². The number of halogens is 2. The maximum Gasteiger partial charge on any atom is 0.243 e. The van der Waals surface area contributed by atoms with Gasteiger partial charge >= 0.3 is 0 Å². The van der Waals surface area contributed by atoms with E-state index in [1.807, 2.05) is 11.4 Å². The van der Waals surface area contributed by atoms with Crippen molar-refractivity contribution in [3.63, 3.8) is 0 Å². The van der Waals surface area contributed by atoms with Crippen molar-refractivity contribution in [1.29, 1.82) is 0 Å². The second-order valence-electron chi connectivity index (χ2n) is 6.33. The van der Waals surface area contributed by atoms with Crippen molar-refractivity contribution in [2.24, 2.45) is 0 Å². The molecule has 8 heteroatoms. The number of thiazole rings is 1. The minimum absolute atomic E-state index is 0.00121. The average molecular weight is 426 g/mol. The number of nitrogens with zero attached hydrogens (tertiary/aromatic N) is 3. The molecule has 2 aromatic rings.